The number of rotatable bonds is 1. The fourth-order valence-corrected chi connectivity index (χ4v) is 2.58. The first kappa shape index (κ1) is 9.77. The van der Waals surface area contributed by atoms with Crippen LogP contribution in [0.4, 0.5) is 4.79 Å². The lowest BCUT2D eigenvalue weighted by Crippen LogP contribution is -2.47. The number of hydrogen-bond donors (Lipinski definition) is 1. The van der Waals surface area contributed by atoms with E-state index in [2.05, 4.69) is 15.0 Å². The molecular formula is C10H18N2O2. The van der Waals surface area contributed by atoms with E-state index in [1.807, 2.05) is 0 Å². The van der Waals surface area contributed by atoms with Crippen molar-refractivity contribution in [3.05, 3.63) is 0 Å². The number of ether oxygens (including phenoxy) is 1. The molecule has 0 bridgehead atoms. The molecule has 0 aliphatic carbocycles. The highest BCUT2D eigenvalue weighted by atomic mass is 16.5. The quantitative estimate of drug-likeness (QED) is 0.682. The number of methoxy groups -OCH3 is 1. The molecule has 14 heavy (non-hydrogen) atoms. The summed E-state index contributed by atoms with van der Waals surface area (Å²) in [6, 6.07) is 1.02. The maximum absolute atomic E-state index is 11.0. The number of hydrogen-bond acceptors (Lipinski definition) is 3. The summed E-state index contributed by atoms with van der Waals surface area (Å²) in [6.07, 6.45) is 4.47. The Morgan fingerprint density at radius 3 is 3.07 bits per heavy atom. The van der Waals surface area contributed by atoms with E-state index in [0.29, 0.717) is 12.1 Å². The largest absolute Gasteiger partial charge is 0.453 e. The molecule has 0 radical (unpaired) electrons. The van der Waals surface area contributed by atoms with E-state index in [-0.39, 0.29) is 6.09 Å². The third kappa shape index (κ3) is 2.00. The minimum atomic E-state index is -0.290. The monoisotopic (exact) mass is 198 g/mol. The average Bonchev–Trinajstić information content (AvgIpc) is 2.64. The van der Waals surface area contributed by atoms with Crippen molar-refractivity contribution in [2.24, 2.45) is 0 Å². The van der Waals surface area contributed by atoms with E-state index >= 15 is 0 Å². The van der Waals surface area contributed by atoms with E-state index in [9.17, 15) is 4.79 Å². The molecule has 2 saturated heterocycles. The molecule has 2 rings (SSSR count). The standard InChI is InChI=1S/C10H18N2O2/c1-14-10(13)11-8-4-6-12-5-2-3-9(12)7-8/h8-9H,2-7H2,1H3,(H,11,13). The number of alkyl carbamates (subject to hydrolysis) is 1. The number of carbonyl (C=O) groups is 1. The number of carbonyl (C=O) groups excluding carboxylic acids is 1. The van der Waals surface area contributed by atoms with Gasteiger partial charge in [0.25, 0.3) is 0 Å². The van der Waals surface area contributed by atoms with E-state index in [4.69, 9.17) is 0 Å². The van der Waals surface area contributed by atoms with Crippen LogP contribution in [0.1, 0.15) is 25.7 Å². The summed E-state index contributed by atoms with van der Waals surface area (Å²) in [4.78, 5) is 13.6. The molecule has 1 amide bonds. The molecule has 2 unspecified atom stereocenters. The van der Waals surface area contributed by atoms with Crippen LogP contribution in [0.2, 0.25) is 0 Å². The number of fused-ring (bicyclic) bond motifs is 1. The molecule has 1 N–H and O–H groups in total. The number of nitrogens with zero attached hydrogens (tertiary/aromatic N) is 1. The summed E-state index contributed by atoms with van der Waals surface area (Å²) in [7, 11) is 1.42. The van der Waals surface area contributed by atoms with Gasteiger partial charge < -0.3 is 15.0 Å². The van der Waals surface area contributed by atoms with E-state index in [1.54, 1.807) is 0 Å². The molecule has 2 atom stereocenters. The van der Waals surface area contributed by atoms with Crippen molar-refractivity contribution in [1.29, 1.82) is 0 Å². The van der Waals surface area contributed by atoms with Crippen LogP contribution in [0.3, 0.4) is 0 Å². The summed E-state index contributed by atoms with van der Waals surface area (Å²) in [5, 5.41) is 2.89. The summed E-state index contributed by atoms with van der Waals surface area (Å²) in [6.45, 7) is 2.37. The van der Waals surface area contributed by atoms with Gasteiger partial charge in [-0.2, -0.15) is 0 Å². The predicted molar refractivity (Wildman–Crippen MR) is 53.2 cm³/mol. The third-order valence-corrected chi connectivity index (χ3v) is 3.33. The smallest absolute Gasteiger partial charge is 0.407 e. The minimum absolute atomic E-state index is 0.290. The zero-order valence-electron chi connectivity index (χ0n) is 8.66. The first-order valence-electron chi connectivity index (χ1n) is 5.38. The SMILES string of the molecule is COC(=O)NC1CCN2CCCC2C1. The van der Waals surface area contributed by atoms with E-state index in [0.717, 1.165) is 19.4 Å². The van der Waals surface area contributed by atoms with Crippen LogP contribution in [0.5, 0.6) is 0 Å². The summed E-state index contributed by atoms with van der Waals surface area (Å²) >= 11 is 0. The van der Waals surface area contributed by atoms with Gasteiger partial charge in [0.1, 0.15) is 0 Å². The van der Waals surface area contributed by atoms with Gasteiger partial charge in [-0.3, -0.25) is 0 Å². The van der Waals surface area contributed by atoms with Gasteiger partial charge in [-0.1, -0.05) is 0 Å². The van der Waals surface area contributed by atoms with E-state index in [1.165, 1.54) is 26.5 Å². The molecule has 0 aromatic heterocycles. The minimum Gasteiger partial charge on any atom is -0.453 e. The van der Waals surface area contributed by atoms with Crippen molar-refractivity contribution in [2.75, 3.05) is 20.2 Å². The van der Waals surface area contributed by atoms with E-state index < -0.39 is 0 Å². The molecule has 4 heteroatoms. The van der Waals surface area contributed by atoms with Gasteiger partial charge in [0.15, 0.2) is 0 Å². The van der Waals surface area contributed by atoms with Gasteiger partial charge in [0.05, 0.1) is 7.11 Å². The highest BCUT2D eigenvalue weighted by molar-refractivity contribution is 5.67. The lowest BCUT2D eigenvalue weighted by molar-refractivity contribution is 0.140. The fraction of sp³-hybridized carbons (Fsp3) is 0.900. The van der Waals surface area contributed by atoms with Crippen LogP contribution in [-0.4, -0.2) is 43.3 Å². The van der Waals surface area contributed by atoms with Gasteiger partial charge in [0, 0.05) is 18.6 Å². The fourth-order valence-electron chi connectivity index (χ4n) is 2.58. The molecular weight excluding hydrogens is 180 g/mol. The predicted octanol–water partition coefficient (Wildman–Crippen LogP) is 0.969. The van der Waals surface area contributed by atoms with Crippen LogP contribution < -0.4 is 5.32 Å². The Bertz CT molecular complexity index is 220. The Balaban J connectivity index is 1.82. The second kappa shape index (κ2) is 4.17. The number of piperidine rings is 1. The van der Waals surface area contributed by atoms with Crippen LogP contribution in [0.15, 0.2) is 0 Å². The molecule has 2 fully saturated rings. The summed E-state index contributed by atoms with van der Waals surface area (Å²) in [5.74, 6) is 0. The van der Waals surface area contributed by atoms with Gasteiger partial charge in [0.2, 0.25) is 0 Å². The summed E-state index contributed by atoms with van der Waals surface area (Å²) in [5.41, 5.74) is 0. The molecule has 0 aromatic carbocycles. The zero-order valence-corrected chi connectivity index (χ0v) is 8.66. The molecule has 0 saturated carbocycles. The van der Waals surface area contributed by atoms with Gasteiger partial charge >= 0.3 is 6.09 Å². The Morgan fingerprint density at radius 1 is 1.43 bits per heavy atom. The Labute approximate surface area is 84.6 Å². The lowest BCUT2D eigenvalue weighted by Gasteiger charge is -2.34. The lowest BCUT2D eigenvalue weighted by atomic mass is 9.98. The first-order valence-corrected chi connectivity index (χ1v) is 5.38. The Morgan fingerprint density at radius 2 is 2.29 bits per heavy atom. The highest BCUT2D eigenvalue weighted by Crippen LogP contribution is 2.26. The number of nitrogens with one attached hydrogen (secondary N) is 1. The van der Waals surface area contributed by atoms with Crippen LogP contribution in [0.25, 0.3) is 0 Å². The summed E-state index contributed by atoms with van der Waals surface area (Å²) < 4.78 is 4.60. The second-order valence-corrected chi connectivity index (χ2v) is 4.19. The molecule has 2 aliphatic heterocycles. The zero-order chi connectivity index (χ0) is 9.97. The van der Waals surface area contributed by atoms with Crippen molar-refractivity contribution in [3.8, 4) is 0 Å². The van der Waals surface area contributed by atoms with Crippen molar-refractivity contribution in [2.45, 2.75) is 37.8 Å². The van der Waals surface area contributed by atoms with Crippen LogP contribution in [-0.2, 0) is 4.74 Å². The average molecular weight is 198 g/mol. The first-order chi connectivity index (χ1) is 6.79. The second-order valence-electron chi connectivity index (χ2n) is 4.19. The van der Waals surface area contributed by atoms with Crippen LogP contribution in [0, 0.1) is 0 Å². The molecule has 80 valence electrons. The van der Waals surface area contributed by atoms with Crippen molar-refractivity contribution < 1.29 is 9.53 Å². The van der Waals surface area contributed by atoms with Crippen LogP contribution >= 0.6 is 0 Å². The van der Waals surface area contributed by atoms with Gasteiger partial charge in [-0.25, -0.2) is 4.79 Å². The molecule has 2 aliphatic rings. The third-order valence-electron chi connectivity index (χ3n) is 3.33. The topological polar surface area (TPSA) is 41.6 Å². The molecule has 0 aromatic rings. The van der Waals surface area contributed by atoms with Crippen molar-refractivity contribution >= 4 is 6.09 Å². The Hall–Kier alpha value is -0.770. The van der Waals surface area contributed by atoms with Crippen molar-refractivity contribution in [1.82, 2.24) is 10.2 Å². The molecule has 0 spiro atoms. The molecule has 4 nitrogen and oxygen atoms in total. The van der Waals surface area contributed by atoms with Gasteiger partial charge in [-0.05, 0) is 32.2 Å². The van der Waals surface area contributed by atoms with Crippen molar-refractivity contribution in [3.63, 3.8) is 0 Å². The number of amides is 1. The normalized spacial score (nSPS) is 32.4. The highest BCUT2D eigenvalue weighted by Gasteiger charge is 2.32. The molecule has 2 heterocycles. The van der Waals surface area contributed by atoms with Gasteiger partial charge in [-0.15, -0.1) is 0 Å². The maximum atomic E-state index is 11.0. The maximum Gasteiger partial charge on any atom is 0.407 e. The Kier molecular flexibility index (Phi) is 2.91.